The number of nitrogen functional groups attached to an aromatic ring is 1. The van der Waals surface area contributed by atoms with Crippen LogP contribution < -0.4 is 15.8 Å². The standard InChI is InChI=1S/C19H19N5O3S/c1-26-15-10-13(28-2)8-9-14(15)17(25)27-11-16-22-18(20)24-19(23-16)21-12-6-4-3-5-7-12/h3-10H,11H2,1-2H3,(H3,20,21,22,23,24). The predicted octanol–water partition coefficient (Wildman–Crippen LogP) is 3.28. The minimum atomic E-state index is -0.541. The van der Waals surface area contributed by atoms with E-state index in [2.05, 4.69) is 20.3 Å². The molecule has 9 heteroatoms. The Morgan fingerprint density at radius 3 is 2.64 bits per heavy atom. The predicted molar refractivity (Wildman–Crippen MR) is 108 cm³/mol. The second-order valence-electron chi connectivity index (χ2n) is 5.57. The molecule has 0 saturated carbocycles. The number of anilines is 3. The van der Waals surface area contributed by atoms with Gasteiger partial charge < -0.3 is 20.5 Å². The Morgan fingerprint density at radius 2 is 1.93 bits per heavy atom. The number of nitrogens with zero attached hydrogens (tertiary/aromatic N) is 3. The van der Waals surface area contributed by atoms with Crippen LogP contribution in [0.25, 0.3) is 0 Å². The summed E-state index contributed by atoms with van der Waals surface area (Å²) in [5, 5.41) is 3.03. The number of para-hydroxylation sites is 1. The molecule has 3 rings (SSSR count). The summed E-state index contributed by atoms with van der Waals surface area (Å²) >= 11 is 1.55. The monoisotopic (exact) mass is 397 g/mol. The summed E-state index contributed by atoms with van der Waals surface area (Å²) in [5.41, 5.74) is 6.87. The second kappa shape index (κ2) is 9.05. The van der Waals surface area contributed by atoms with Crippen molar-refractivity contribution in [1.29, 1.82) is 0 Å². The summed E-state index contributed by atoms with van der Waals surface area (Å²) in [4.78, 5) is 25.7. The lowest BCUT2D eigenvalue weighted by molar-refractivity contribution is 0.0458. The van der Waals surface area contributed by atoms with Crippen LogP contribution >= 0.6 is 11.8 Å². The zero-order valence-electron chi connectivity index (χ0n) is 15.4. The van der Waals surface area contributed by atoms with Gasteiger partial charge in [0.1, 0.15) is 11.3 Å². The number of aromatic nitrogens is 3. The van der Waals surface area contributed by atoms with Gasteiger partial charge in [-0.05, 0) is 36.6 Å². The molecule has 1 heterocycles. The van der Waals surface area contributed by atoms with Crippen LogP contribution in [0, 0.1) is 0 Å². The molecule has 28 heavy (non-hydrogen) atoms. The Balaban J connectivity index is 1.71. The Morgan fingerprint density at radius 1 is 1.14 bits per heavy atom. The van der Waals surface area contributed by atoms with Crippen LogP contribution in [0.5, 0.6) is 5.75 Å². The fourth-order valence-corrected chi connectivity index (χ4v) is 2.81. The summed E-state index contributed by atoms with van der Waals surface area (Å²) in [6.45, 7) is -0.150. The van der Waals surface area contributed by atoms with E-state index in [0.717, 1.165) is 10.6 Å². The number of hydrogen-bond donors (Lipinski definition) is 2. The van der Waals surface area contributed by atoms with Gasteiger partial charge in [-0.25, -0.2) is 4.79 Å². The third-order valence-electron chi connectivity index (χ3n) is 3.69. The largest absolute Gasteiger partial charge is 0.496 e. The molecule has 0 atom stereocenters. The molecule has 2 aromatic carbocycles. The number of thioether (sulfide) groups is 1. The molecular formula is C19H19N5O3S. The molecule has 0 amide bonds. The van der Waals surface area contributed by atoms with Gasteiger partial charge in [0.05, 0.1) is 7.11 Å². The number of methoxy groups -OCH3 is 1. The average molecular weight is 397 g/mol. The highest BCUT2D eigenvalue weighted by Crippen LogP contribution is 2.26. The SMILES string of the molecule is COc1cc(SC)ccc1C(=O)OCc1nc(N)nc(Nc2ccccc2)n1. The van der Waals surface area contributed by atoms with E-state index in [1.807, 2.05) is 42.7 Å². The molecule has 0 fully saturated rings. The van der Waals surface area contributed by atoms with E-state index in [0.29, 0.717) is 11.3 Å². The van der Waals surface area contributed by atoms with Crippen molar-refractivity contribution < 1.29 is 14.3 Å². The molecule has 0 spiro atoms. The molecule has 144 valence electrons. The van der Waals surface area contributed by atoms with E-state index in [9.17, 15) is 4.79 Å². The summed E-state index contributed by atoms with van der Waals surface area (Å²) < 4.78 is 10.6. The zero-order valence-corrected chi connectivity index (χ0v) is 16.2. The lowest BCUT2D eigenvalue weighted by atomic mass is 10.2. The Labute approximate surface area is 166 Å². The molecule has 0 aliphatic heterocycles. The fraction of sp³-hybridized carbons (Fsp3) is 0.158. The van der Waals surface area contributed by atoms with Crippen molar-refractivity contribution in [3.63, 3.8) is 0 Å². The fourth-order valence-electron chi connectivity index (χ4n) is 2.38. The van der Waals surface area contributed by atoms with Crippen molar-refractivity contribution in [2.24, 2.45) is 0 Å². The number of carbonyl (C=O) groups is 1. The highest BCUT2D eigenvalue weighted by Gasteiger charge is 2.16. The second-order valence-corrected chi connectivity index (χ2v) is 6.45. The third-order valence-corrected chi connectivity index (χ3v) is 4.42. The van der Waals surface area contributed by atoms with Crippen LogP contribution in [0.2, 0.25) is 0 Å². The molecule has 3 aromatic rings. The van der Waals surface area contributed by atoms with Crippen LogP contribution in [-0.2, 0) is 11.3 Å². The Hall–Kier alpha value is -3.33. The van der Waals surface area contributed by atoms with Gasteiger partial charge in [0.15, 0.2) is 12.4 Å². The quantitative estimate of drug-likeness (QED) is 0.458. The van der Waals surface area contributed by atoms with Crippen molar-refractivity contribution >= 4 is 35.3 Å². The van der Waals surface area contributed by atoms with Crippen molar-refractivity contribution in [2.45, 2.75) is 11.5 Å². The number of nitrogens with one attached hydrogen (secondary N) is 1. The maximum atomic E-state index is 12.4. The van der Waals surface area contributed by atoms with Crippen LogP contribution in [0.1, 0.15) is 16.2 Å². The average Bonchev–Trinajstić information content (AvgIpc) is 2.71. The maximum absolute atomic E-state index is 12.4. The van der Waals surface area contributed by atoms with Crippen molar-refractivity contribution in [2.75, 3.05) is 24.4 Å². The smallest absolute Gasteiger partial charge is 0.342 e. The van der Waals surface area contributed by atoms with Gasteiger partial charge in [-0.2, -0.15) is 15.0 Å². The lowest BCUT2D eigenvalue weighted by Gasteiger charge is -2.10. The normalized spacial score (nSPS) is 10.4. The first kappa shape index (κ1) is 19.4. The van der Waals surface area contributed by atoms with Gasteiger partial charge in [-0.15, -0.1) is 11.8 Å². The first-order valence-electron chi connectivity index (χ1n) is 8.30. The summed E-state index contributed by atoms with van der Waals surface area (Å²) in [6.07, 6.45) is 1.94. The van der Waals surface area contributed by atoms with Gasteiger partial charge in [-0.3, -0.25) is 0 Å². The zero-order chi connectivity index (χ0) is 19.9. The minimum Gasteiger partial charge on any atom is -0.496 e. The number of benzene rings is 2. The van der Waals surface area contributed by atoms with E-state index < -0.39 is 5.97 Å². The van der Waals surface area contributed by atoms with Crippen molar-refractivity contribution in [1.82, 2.24) is 15.0 Å². The molecule has 0 bridgehead atoms. The van der Waals surface area contributed by atoms with E-state index in [-0.39, 0.29) is 24.3 Å². The first-order valence-corrected chi connectivity index (χ1v) is 9.53. The molecular weight excluding hydrogens is 378 g/mol. The number of hydrogen-bond acceptors (Lipinski definition) is 9. The lowest BCUT2D eigenvalue weighted by Crippen LogP contribution is -2.12. The van der Waals surface area contributed by atoms with E-state index in [1.54, 1.807) is 23.9 Å². The summed E-state index contributed by atoms with van der Waals surface area (Å²) in [6, 6.07) is 14.7. The molecule has 0 unspecified atom stereocenters. The van der Waals surface area contributed by atoms with Crippen LogP contribution in [0.3, 0.4) is 0 Å². The molecule has 3 N–H and O–H groups in total. The van der Waals surface area contributed by atoms with E-state index in [4.69, 9.17) is 15.2 Å². The number of ether oxygens (including phenoxy) is 2. The van der Waals surface area contributed by atoms with Gasteiger partial charge in [0.25, 0.3) is 0 Å². The van der Waals surface area contributed by atoms with Crippen LogP contribution in [0.15, 0.2) is 53.4 Å². The molecule has 0 aliphatic rings. The first-order chi connectivity index (χ1) is 13.6. The van der Waals surface area contributed by atoms with Crippen molar-refractivity contribution in [3.8, 4) is 5.75 Å². The van der Waals surface area contributed by atoms with Gasteiger partial charge in [-0.1, -0.05) is 18.2 Å². The van der Waals surface area contributed by atoms with E-state index >= 15 is 0 Å². The minimum absolute atomic E-state index is 0.0291. The highest BCUT2D eigenvalue weighted by molar-refractivity contribution is 7.98. The van der Waals surface area contributed by atoms with Crippen molar-refractivity contribution in [3.05, 3.63) is 59.9 Å². The summed E-state index contributed by atoms with van der Waals surface area (Å²) in [5.74, 6) is 0.437. The van der Waals surface area contributed by atoms with Crippen LogP contribution in [-0.4, -0.2) is 34.3 Å². The summed E-state index contributed by atoms with van der Waals surface area (Å²) in [7, 11) is 1.50. The molecule has 1 aromatic heterocycles. The molecule has 0 saturated heterocycles. The third kappa shape index (κ3) is 4.89. The number of carbonyl (C=O) groups excluding carboxylic acids is 1. The van der Waals surface area contributed by atoms with Crippen LogP contribution in [0.4, 0.5) is 17.6 Å². The van der Waals surface area contributed by atoms with Gasteiger partial charge in [0.2, 0.25) is 11.9 Å². The highest BCUT2D eigenvalue weighted by atomic mass is 32.2. The molecule has 8 nitrogen and oxygen atoms in total. The molecule has 0 aliphatic carbocycles. The Kier molecular flexibility index (Phi) is 6.28. The Bertz CT molecular complexity index is 969. The number of rotatable bonds is 7. The van der Waals surface area contributed by atoms with Gasteiger partial charge in [0, 0.05) is 10.6 Å². The van der Waals surface area contributed by atoms with Gasteiger partial charge >= 0.3 is 5.97 Å². The molecule has 0 radical (unpaired) electrons. The topological polar surface area (TPSA) is 112 Å². The number of nitrogens with two attached hydrogens (primary N) is 1. The maximum Gasteiger partial charge on any atom is 0.342 e. The van der Waals surface area contributed by atoms with E-state index in [1.165, 1.54) is 7.11 Å². The number of esters is 1.